The van der Waals surface area contributed by atoms with Crippen molar-refractivity contribution in [2.45, 2.75) is 51.7 Å². The Morgan fingerprint density at radius 3 is 2.30 bits per heavy atom. The SMILES string of the molecule is CC(C)(C)OC(=O)N[C@@](C)(CO)CCc1ccccc1. The molecule has 2 N–H and O–H groups in total. The molecular formula is C16H25NO3. The minimum atomic E-state index is -0.682. The summed E-state index contributed by atoms with van der Waals surface area (Å²) >= 11 is 0. The van der Waals surface area contributed by atoms with Crippen LogP contribution < -0.4 is 5.32 Å². The fourth-order valence-electron chi connectivity index (χ4n) is 1.80. The third kappa shape index (κ3) is 6.06. The highest BCUT2D eigenvalue weighted by molar-refractivity contribution is 5.68. The van der Waals surface area contributed by atoms with Crippen molar-refractivity contribution in [3.63, 3.8) is 0 Å². The molecule has 0 saturated heterocycles. The maximum Gasteiger partial charge on any atom is 0.408 e. The standard InChI is InChI=1S/C16H25NO3/c1-15(2,3)20-14(19)17-16(4,12-18)11-10-13-8-6-5-7-9-13/h5-9,18H,10-12H2,1-4H3,(H,17,19)/t16-/m1/s1. The molecule has 0 aromatic heterocycles. The second-order valence-corrected chi connectivity index (χ2v) is 6.33. The molecule has 0 radical (unpaired) electrons. The lowest BCUT2D eigenvalue weighted by atomic mass is 9.94. The maximum atomic E-state index is 11.8. The molecule has 0 saturated carbocycles. The Kier molecular flexibility index (Phi) is 5.57. The van der Waals surface area contributed by atoms with Gasteiger partial charge in [-0.1, -0.05) is 30.3 Å². The van der Waals surface area contributed by atoms with Gasteiger partial charge in [0, 0.05) is 0 Å². The van der Waals surface area contributed by atoms with E-state index in [2.05, 4.69) is 5.32 Å². The summed E-state index contributed by atoms with van der Waals surface area (Å²) in [6.45, 7) is 7.13. The molecule has 1 atom stereocenters. The Hall–Kier alpha value is -1.55. The van der Waals surface area contributed by atoms with Gasteiger partial charge in [0.15, 0.2) is 0 Å². The Bertz CT molecular complexity index is 425. The van der Waals surface area contributed by atoms with Crippen molar-refractivity contribution in [1.29, 1.82) is 0 Å². The first-order valence-corrected chi connectivity index (χ1v) is 6.90. The van der Waals surface area contributed by atoms with E-state index in [0.717, 1.165) is 6.42 Å². The van der Waals surface area contributed by atoms with Crippen LogP contribution in [-0.4, -0.2) is 28.9 Å². The van der Waals surface area contributed by atoms with Crippen LogP contribution in [0.3, 0.4) is 0 Å². The first kappa shape index (κ1) is 16.5. The van der Waals surface area contributed by atoms with Crippen molar-refractivity contribution in [1.82, 2.24) is 5.32 Å². The third-order valence-corrected chi connectivity index (χ3v) is 2.96. The van der Waals surface area contributed by atoms with Gasteiger partial charge in [0.1, 0.15) is 5.60 Å². The molecule has 1 aromatic carbocycles. The molecule has 0 aliphatic carbocycles. The molecule has 1 aromatic rings. The van der Waals surface area contributed by atoms with Crippen LogP contribution in [-0.2, 0) is 11.2 Å². The highest BCUT2D eigenvalue weighted by atomic mass is 16.6. The summed E-state index contributed by atoms with van der Waals surface area (Å²) in [5.41, 5.74) is -0.0453. The van der Waals surface area contributed by atoms with Crippen LogP contribution in [0.4, 0.5) is 4.79 Å². The van der Waals surface area contributed by atoms with Gasteiger partial charge in [-0.3, -0.25) is 0 Å². The molecule has 1 rings (SSSR count). The smallest absolute Gasteiger partial charge is 0.408 e. The monoisotopic (exact) mass is 279 g/mol. The average Bonchev–Trinajstić information content (AvgIpc) is 2.35. The molecule has 4 nitrogen and oxygen atoms in total. The third-order valence-electron chi connectivity index (χ3n) is 2.96. The van der Waals surface area contributed by atoms with Gasteiger partial charge >= 0.3 is 6.09 Å². The van der Waals surface area contributed by atoms with Crippen LogP contribution in [0.25, 0.3) is 0 Å². The molecule has 0 aliphatic rings. The maximum absolute atomic E-state index is 11.8. The number of carbonyl (C=O) groups is 1. The van der Waals surface area contributed by atoms with E-state index in [1.54, 1.807) is 0 Å². The summed E-state index contributed by atoms with van der Waals surface area (Å²) < 4.78 is 5.23. The minimum absolute atomic E-state index is 0.126. The number of amides is 1. The predicted octanol–water partition coefficient (Wildman–Crippen LogP) is 2.89. The molecule has 0 fully saturated rings. The second kappa shape index (κ2) is 6.75. The van der Waals surface area contributed by atoms with Crippen LogP contribution >= 0.6 is 0 Å². The number of carbonyl (C=O) groups excluding carboxylic acids is 1. The van der Waals surface area contributed by atoms with Gasteiger partial charge in [0.05, 0.1) is 12.1 Å². The summed E-state index contributed by atoms with van der Waals surface area (Å²) in [7, 11) is 0. The molecule has 0 heterocycles. The summed E-state index contributed by atoms with van der Waals surface area (Å²) in [5.74, 6) is 0. The summed E-state index contributed by atoms with van der Waals surface area (Å²) in [4.78, 5) is 11.8. The van der Waals surface area contributed by atoms with Crippen LogP contribution in [0.15, 0.2) is 30.3 Å². The lowest BCUT2D eigenvalue weighted by molar-refractivity contribution is 0.0407. The van der Waals surface area contributed by atoms with E-state index in [4.69, 9.17) is 4.74 Å². The molecule has 1 amide bonds. The van der Waals surface area contributed by atoms with Crippen molar-refractivity contribution in [2.75, 3.05) is 6.61 Å². The van der Waals surface area contributed by atoms with Crippen LogP contribution in [0, 0.1) is 0 Å². The van der Waals surface area contributed by atoms with E-state index in [1.807, 2.05) is 58.0 Å². The number of benzene rings is 1. The van der Waals surface area contributed by atoms with E-state index >= 15 is 0 Å². The predicted molar refractivity (Wildman–Crippen MR) is 79.6 cm³/mol. The molecule has 0 bridgehead atoms. The fourth-order valence-corrected chi connectivity index (χ4v) is 1.80. The zero-order valence-corrected chi connectivity index (χ0v) is 12.8. The molecular weight excluding hydrogens is 254 g/mol. The molecule has 0 aliphatic heterocycles. The van der Waals surface area contributed by atoms with Gasteiger partial charge in [-0.25, -0.2) is 4.79 Å². The van der Waals surface area contributed by atoms with Gasteiger partial charge in [-0.2, -0.15) is 0 Å². The Morgan fingerprint density at radius 1 is 1.20 bits per heavy atom. The molecule has 0 unspecified atom stereocenters. The van der Waals surface area contributed by atoms with Crippen LogP contribution in [0.5, 0.6) is 0 Å². The fraction of sp³-hybridized carbons (Fsp3) is 0.562. The first-order valence-electron chi connectivity index (χ1n) is 6.90. The largest absolute Gasteiger partial charge is 0.444 e. The lowest BCUT2D eigenvalue weighted by Gasteiger charge is -2.30. The van der Waals surface area contributed by atoms with E-state index in [-0.39, 0.29) is 6.61 Å². The number of hydrogen-bond acceptors (Lipinski definition) is 3. The van der Waals surface area contributed by atoms with Crippen molar-refractivity contribution < 1.29 is 14.6 Å². The van der Waals surface area contributed by atoms with E-state index in [9.17, 15) is 9.90 Å². The number of aliphatic hydroxyl groups is 1. The zero-order valence-electron chi connectivity index (χ0n) is 12.8. The van der Waals surface area contributed by atoms with E-state index in [0.29, 0.717) is 6.42 Å². The highest BCUT2D eigenvalue weighted by Crippen LogP contribution is 2.15. The second-order valence-electron chi connectivity index (χ2n) is 6.33. The number of hydrogen-bond donors (Lipinski definition) is 2. The van der Waals surface area contributed by atoms with Gasteiger partial charge in [-0.05, 0) is 46.1 Å². The average molecular weight is 279 g/mol. The van der Waals surface area contributed by atoms with E-state index < -0.39 is 17.2 Å². The van der Waals surface area contributed by atoms with Crippen molar-refractivity contribution in [2.24, 2.45) is 0 Å². The van der Waals surface area contributed by atoms with Crippen LogP contribution in [0.1, 0.15) is 39.7 Å². The molecule has 4 heteroatoms. The number of nitrogens with one attached hydrogen (secondary N) is 1. The topological polar surface area (TPSA) is 58.6 Å². The Labute approximate surface area is 121 Å². The zero-order chi connectivity index (χ0) is 15.2. The van der Waals surface area contributed by atoms with Gasteiger partial charge in [0.2, 0.25) is 0 Å². The van der Waals surface area contributed by atoms with Crippen molar-refractivity contribution >= 4 is 6.09 Å². The first-order chi connectivity index (χ1) is 9.24. The number of alkyl carbamates (subject to hydrolysis) is 1. The van der Waals surface area contributed by atoms with Gasteiger partial charge in [-0.15, -0.1) is 0 Å². The summed E-state index contributed by atoms with van der Waals surface area (Å²) in [5, 5.41) is 12.3. The summed E-state index contributed by atoms with van der Waals surface area (Å²) in [6.07, 6.45) is 0.933. The van der Waals surface area contributed by atoms with Crippen LogP contribution in [0.2, 0.25) is 0 Å². The highest BCUT2D eigenvalue weighted by Gasteiger charge is 2.28. The molecule has 0 spiro atoms. The van der Waals surface area contributed by atoms with E-state index in [1.165, 1.54) is 5.56 Å². The minimum Gasteiger partial charge on any atom is -0.444 e. The number of ether oxygens (including phenoxy) is 1. The number of aliphatic hydroxyl groups excluding tert-OH is 1. The number of rotatable bonds is 5. The molecule has 20 heavy (non-hydrogen) atoms. The molecule has 112 valence electrons. The Morgan fingerprint density at radius 2 is 1.80 bits per heavy atom. The lowest BCUT2D eigenvalue weighted by Crippen LogP contribution is -2.50. The van der Waals surface area contributed by atoms with Crippen molar-refractivity contribution in [3.8, 4) is 0 Å². The quantitative estimate of drug-likeness (QED) is 0.871. The van der Waals surface area contributed by atoms with Gasteiger partial charge < -0.3 is 15.2 Å². The normalized spacial score (nSPS) is 14.4. The number of aryl methyl sites for hydroxylation is 1. The summed E-state index contributed by atoms with van der Waals surface area (Å²) in [6, 6.07) is 9.99. The van der Waals surface area contributed by atoms with Crippen molar-refractivity contribution in [3.05, 3.63) is 35.9 Å². The van der Waals surface area contributed by atoms with Gasteiger partial charge in [0.25, 0.3) is 0 Å². The Balaban J connectivity index is 2.56.